The van der Waals surface area contributed by atoms with E-state index in [1.807, 2.05) is 56.3 Å². The van der Waals surface area contributed by atoms with Gasteiger partial charge < -0.3 is 15.5 Å². The zero-order valence-corrected chi connectivity index (χ0v) is 16.4. The summed E-state index contributed by atoms with van der Waals surface area (Å²) in [5, 5.41) is 5.62. The molecular formula is C20H22BrN3O2. The number of halogens is 1. The molecule has 2 N–H and O–H groups in total. The normalized spacial score (nSPS) is 14.1. The largest absolute Gasteiger partial charge is 0.326 e. The van der Waals surface area contributed by atoms with E-state index in [0.717, 1.165) is 16.6 Å². The molecule has 136 valence electrons. The number of rotatable bonds is 4. The number of para-hydroxylation sites is 1. The SMILES string of the molecule is CC(C)C(NC(=O)Nc1cccc(Br)c1)C(=O)N1CCc2ccccc21. The van der Waals surface area contributed by atoms with Crippen LogP contribution in [0.4, 0.5) is 16.2 Å². The van der Waals surface area contributed by atoms with Crippen LogP contribution in [0.3, 0.4) is 0 Å². The molecule has 2 aromatic rings. The van der Waals surface area contributed by atoms with Crippen molar-refractivity contribution in [1.82, 2.24) is 5.32 Å². The molecule has 0 fully saturated rings. The molecule has 0 aromatic heterocycles. The minimum Gasteiger partial charge on any atom is -0.326 e. The Labute approximate surface area is 161 Å². The number of carbonyl (C=O) groups is 2. The van der Waals surface area contributed by atoms with E-state index in [4.69, 9.17) is 0 Å². The first-order valence-corrected chi connectivity index (χ1v) is 9.47. The molecule has 1 aliphatic heterocycles. The van der Waals surface area contributed by atoms with Gasteiger partial charge in [-0.2, -0.15) is 0 Å². The van der Waals surface area contributed by atoms with Crippen molar-refractivity contribution in [2.24, 2.45) is 5.92 Å². The molecule has 0 saturated carbocycles. The van der Waals surface area contributed by atoms with Crippen LogP contribution in [0.15, 0.2) is 53.0 Å². The van der Waals surface area contributed by atoms with E-state index in [1.165, 1.54) is 5.56 Å². The third kappa shape index (κ3) is 4.07. The van der Waals surface area contributed by atoms with Gasteiger partial charge in [-0.3, -0.25) is 4.79 Å². The Morgan fingerprint density at radius 3 is 2.62 bits per heavy atom. The molecule has 0 bridgehead atoms. The molecule has 0 aliphatic carbocycles. The van der Waals surface area contributed by atoms with Crippen molar-refractivity contribution < 1.29 is 9.59 Å². The first-order chi connectivity index (χ1) is 12.5. The lowest BCUT2D eigenvalue weighted by molar-refractivity contribution is -0.121. The van der Waals surface area contributed by atoms with Gasteiger partial charge in [-0.05, 0) is 42.2 Å². The van der Waals surface area contributed by atoms with Crippen LogP contribution in [0.2, 0.25) is 0 Å². The molecule has 0 saturated heterocycles. The van der Waals surface area contributed by atoms with Crippen molar-refractivity contribution in [2.75, 3.05) is 16.8 Å². The van der Waals surface area contributed by atoms with E-state index in [0.29, 0.717) is 12.2 Å². The quantitative estimate of drug-likeness (QED) is 0.786. The van der Waals surface area contributed by atoms with Gasteiger partial charge in [0.25, 0.3) is 0 Å². The monoisotopic (exact) mass is 415 g/mol. The van der Waals surface area contributed by atoms with Gasteiger partial charge in [0, 0.05) is 22.4 Å². The molecule has 26 heavy (non-hydrogen) atoms. The van der Waals surface area contributed by atoms with Gasteiger partial charge in [0.1, 0.15) is 6.04 Å². The maximum absolute atomic E-state index is 13.1. The zero-order chi connectivity index (χ0) is 18.7. The number of nitrogens with zero attached hydrogens (tertiary/aromatic N) is 1. The molecule has 1 atom stereocenters. The van der Waals surface area contributed by atoms with Crippen molar-refractivity contribution in [3.05, 3.63) is 58.6 Å². The minimum atomic E-state index is -0.590. The van der Waals surface area contributed by atoms with Crippen LogP contribution in [0, 0.1) is 5.92 Å². The maximum atomic E-state index is 13.1. The number of benzene rings is 2. The number of fused-ring (bicyclic) bond motifs is 1. The lowest BCUT2D eigenvalue weighted by Crippen LogP contribution is -2.52. The summed E-state index contributed by atoms with van der Waals surface area (Å²) in [6, 6.07) is 14.3. The minimum absolute atomic E-state index is 0.0245. The van der Waals surface area contributed by atoms with Crippen LogP contribution in [-0.2, 0) is 11.2 Å². The van der Waals surface area contributed by atoms with E-state index in [2.05, 4.69) is 26.6 Å². The van der Waals surface area contributed by atoms with Gasteiger partial charge in [0.05, 0.1) is 0 Å². The first-order valence-electron chi connectivity index (χ1n) is 8.68. The Morgan fingerprint density at radius 2 is 1.88 bits per heavy atom. The highest BCUT2D eigenvalue weighted by atomic mass is 79.9. The van der Waals surface area contributed by atoms with Gasteiger partial charge in [0.15, 0.2) is 0 Å². The fraction of sp³-hybridized carbons (Fsp3) is 0.300. The Morgan fingerprint density at radius 1 is 1.12 bits per heavy atom. The summed E-state index contributed by atoms with van der Waals surface area (Å²) in [6.45, 7) is 4.52. The summed E-state index contributed by atoms with van der Waals surface area (Å²) >= 11 is 3.38. The lowest BCUT2D eigenvalue weighted by atomic mass is 10.0. The highest BCUT2D eigenvalue weighted by Crippen LogP contribution is 2.28. The van der Waals surface area contributed by atoms with E-state index >= 15 is 0 Å². The Hall–Kier alpha value is -2.34. The van der Waals surface area contributed by atoms with Gasteiger partial charge >= 0.3 is 6.03 Å². The number of anilines is 2. The molecule has 1 heterocycles. The second-order valence-corrected chi connectivity index (χ2v) is 7.61. The van der Waals surface area contributed by atoms with Crippen molar-refractivity contribution in [3.8, 4) is 0 Å². The molecule has 0 radical (unpaired) electrons. The van der Waals surface area contributed by atoms with Gasteiger partial charge in [-0.25, -0.2) is 4.79 Å². The van der Waals surface area contributed by atoms with E-state index in [1.54, 1.807) is 11.0 Å². The van der Waals surface area contributed by atoms with Gasteiger partial charge in [-0.15, -0.1) is 0 Å². The Bertz CT molecular complexity index is 822. The summed E-state index contributed by atoms with van der Waals surface area (Å²) in [5.41, 5.74) is 2.78. The number of hydrogen-bond donors (Lipinski definition) is 2. The predicted octanol–water partition coefficient (Wildman–Crippen LogP) is 4.18. The van der Waals surface area contributed by atoms with E-state index in [9.17, 15) is 9.59 Å². The van der Waals surface area contributed by atoms with Crippen LogP contribution in [0.25, 0.3) is 0 Å². The van der Waals surface area contributed by atoms with Crippen molar-refractivity contribution in [3.63, 3.8) is 0 Å². The number of hydrogen-bond acceptors (Lipinski definition) is 2. The summed E-state index contributed by atoms with van der Waals surface area (Å²) in [7, 11) is 0. The topological polar surface area (TPSA) is 61.4 Å². The van der Waals surface area contributed by atoms with E-state index < -0.39 is 6.04 Å². The highest BCUT2D eigenvalue weighted by Gasteiger charge is 2.32. The molecule has 6 heteroatoms. The summed E-state index contributed by atoms with van der Waals surface area (Å²) < 4.78 is 0.875. The molecule has 3 amide bonds. The van der Waals surface area contributed by atoms with Crippen LogP contribution < -0.4 is 15.5 Å². The molecule has 1 unspecified atom stereocenters. The Balaban J connectivity index is 1.71. The second kappa shape index (κ2) is 7.91. The van der Waals surface area contributed by atoms with Crippen molar-refractivity contribution in [2.45, 2.75) is 26.3 Å². The van der Waals surface area contributed by atoms with Gasteiger partial charge in [-0.1, -0.05) is 54.0 Å². The predicted molar refractivity (Wildman–Crippen MR) is 107 cm³/mol. The number of nitrogens with one attached hydrogen (secondary N) is 2. The first kappa shape index (κ1) is 18.5. The molecule has 0 spiro atoms. The average Bonchev–Trinajstić information content (AvgIpc) is 3.03. The molecule has 1 aliphatic rings. The van der Waals surface area contributed by atoms with Crippen LogP contribution in [0.5, 0.6) is 0 Å². The summed E-state index contributed by atoms with van der Waals surface area (Å²) in [5.74, 6) is -0.0992. The third-order valence-corrected chi connectivity index (χ3v) is 4.95. The smallest absolute Gasteiger partial charge is 0.319 e. The number of carbonyl (C=O) groups excluding carboxylic acids is 2. The number of amides is 3. The standard InChI is InChI=1S/C20H22BrN3O2/c1-13(2)18(23-20(26)22-16-8-5-7-15(21)12-16)19(25)24-11-10-14-6-3-4-9-17(14)24/h3-9,12-13,18H,10-11H2,1-2H3,(H2,22,23,26). The zero-order valence-electron chi connectivity index (χ0n) is 14.8. The van der Waals surface area contributed by atoms with Crippen LogP contribution in [0.1, 0.15) is 19.4 Å². The van der Waals surface area contributed by atoms with Crippen LogP contribution in [-0.4, -0.2) is 24.5 Å². The Kier molecular flexibility index (Phi) is 5.61. The van der Waals surface area contributed by atoms with Crippen molar-refractivity contribution in [1.29, 1.82) is 0 Å². The van der Waals surface area contributed by atoms with Crippen molar-refractivity contribution >= 4 is 39.2 Å². The maximum Gasteiger partial charge on any atom is 0.319 e. The lowest BCUT2D eigenvalue weighted by Gasteiger charge is -2.27. The fourth-order valence-electron chi connectivity index (χ4n) is 3.12. The molecule has 2 aromatic carbocycles. The van der Waals surface area contributed by atoms with E-state index in [-0.39, 0.29) is 17.9 Å². The summed E-state index contributed by atoms with van der Waals surface area (Å²) in [6.07, 6.45) is 0.844. The third-order valence-electron chi connectivity index (χ3n) is 4.45. The highest BCUT2D eigenvalue weighted by molar-refractivity contribution is 9.10. The van der Waals surface area contributed by atoms with Crippen LogP contribution >= 0.6 is 15.9 Å². The average molecular weight is 416 g/mol. The summed E-state index contributed by atoms with van der Waals surface area (Å²) in [4.78, 5) is 27.2. The molecule has 3 rings (SSSR count). The fourth-order valence-corrected chi connectivity index (χ4v) is 3.52. The second-order valence-electron chi connectivity index (χ2n) is 6.70. The van der Waals surface area contributed by atoms with Gasteiger partial charge in [0.2, 0.25) is 5.91 Å². The molecule has 5 nitrogen and oxygen atoms in total. The molecular weight excluding hydrogens is 394 g/mol. The number of urea groups is 1.